The highest BCUT2D eigenvalue weighted by Crippen LogP contribution is 2.23. The van der Waals surface area contributed by atoms with E-state index in [0.29, 0.717) is 11.9 Å². The molecule has 0 radical (unpaired) electrons. The number of nitrogens with zero attached hydrogens (tertiary/aromatic N) is 3. The fraction of sp³-hybridized carbons (Fsp3) is 0.562. The molecule has 1 aromatic carbocycles. The van der Waals surface area contributed by atoms with Gasteiger partial charge < -0.3 is 4.57 Å². The molecule has 2 aromatic rings. The van der Waals surface area contributed by atoms with Crippen molar-refractivity contribution in [1.82, 2.24) is 14.5 Å². The molecule has 1 aromatic heterocycles. The SMILES string of the molecule is CC(Cn1c(CCl)nc2cc(Cl)ccc21)N1CCCCC1. The van der Waals surface area contributed by atoms with Crippen LogP contribution in [0.25, 0.3) is 11.0 Å². The van der Waals surface area contributed by atoms with Crippen LogP contribution in [0.4, 0.5) is 0 Å². The van der Waals surface area contributed by atoms with Crippen LogP contribution >= 0.6 is 23.2 Å². The minimum absolute atomic E-state index is 0.430. The number of fused-ring (bicyclic) bond motifs is 1. The van der Waals surface area contributed by atoms with Gasteiger partial charge >= 0.3 is 0 Å². The number of imidazole rings is 1. The van der Waals surface area contributed by atoms with Crippen LogP contribution in [0.2, 0.25) is 5.02 Å². The number of rotatable bonds is 4. The van der Waals surface area contributed by atoms with Crippen LogP contribution < -0.4 is 0 Å². The molecule has 1 atom stereocenters. The third-order valence-electron chi connectivity index (χ3n) is 4.37. The zero-order valence-electron chi connectivity index (χ0n) is 12.4. The average Bonchev–Trinajstić information content (AvgIpc) is 2.85. The lowest BCUT2D eigenvalue weighted by Crippen LogP contribution is -2.40. The van der Waals surface area contributed by atoms with Gasteiger partial charge in [0.05, 0.1) is 16.9 Å². The summed E-state index contributed by atoms with van der Waals surface area (Å²) in [5, 5.41) is 0.720. The number of hydrogen-bond acceptors (Lipinski definition) is 2. The van der Waals surface area contributed by atoms with Crippen molar-refractivity contribution < 1.29 is 0 Å². The Labute approximate surface area is 135 Å². The van der Waals surface area contributed by atoms with Crippen molar-refractivity contribution in [3.63, 3.8) is 0 Å². The van der Waals surface area contributed by atoms with E-state index in [0.717, 1.165) is 28.4 Å². The summed E-state index contributed by atoms with van der Waals surface area (Å²) in [6, 6.07) is 6.38. The molecule has 0 spiro atoms. The van der Waals surface area contributed by atoms with E-state index in [1.54, 1.807) is 0 Å². The summed E-state index contributed by atoms with van der Waals surface area (Å²) >= 11 is 12.1. The Morgan fingerprint density at radius 1 is 1.24 bits per heavy atom. The predicted octanol–water partition coefficient (Wildman–Crippen LogP) is 4.30. The Bertz CT molecular complexity index is 617. The van der Waals surface area contributed by atoms with Crippen molar-refractivity contribution in [3.05, 3.63) is 29.0 Å². The molecule has 1 fully saturated rings. The van der Waals surface area contributed by atoms with Crippen LogP contribution in [0.3, 0.4) is 0 Å². The third-order valence-corrected chi connectivity index (χ3v) is 4.84. The second-order valence-electron chi connectivity index (χ2n) is 5.85. The molecular weight excluding hydrogens is 305 g/mol. The summed E-state index contributed by atoms with van der Waals surface area (Å²) in [4.78, 5) is 7.19. The molecule has 0 N–H and O–H groups in total. The summed E-state index contributed by atoms with van der Waals surface area (Å²) in [6.45, 7) is 5.64. The van der Waals surface area contributed by atoms with Crippen LogP contribution in [-0.2, 0) is 12.4 Å². The first-order valence-corrected chi connectivity index (χ1v) is 8.55. The number of benzene rings is 1. The van der Waals surface area contributed by atoms with E-state index < -0.39 is 0 Å². The lowest BCUT2D eigenvalue weighted by atomic mass is 10.1. The molecule has 0 saturated carbocycles. The number of aromatic nitrogens is 2. The molecule has 1 aliphatic rings. The Balaban J connectivity index is 1.88. The van der Waals surface area contributed by atoms with Crippen molar-refractivity contribution in [3.8, 4) is 0 Å². The fourth-order valence-corrected chi connectivity index (χ4v) is 3.57. The maximum Gasteiger partial charge on any atom is 0.124 e. The highest BCUT2D eigenvalue weighted by molar-refractivity contribution is 6.31. The van der Waals surface area contributed by atoms with Gasteiger partial charge in [0.25, 0.3) is 0 Å². The minimum Gasteiger partial charge on any atom is -0.325 e. The molecule has 3 nitrogen and oxygen atoms in total. The molecule has 21 heavy (non-hydrogen) atoms. The van der Waals surface area contributed by atoms with Gasteiger partial charge in [0, 0.05) is 17.6 Å². The highest BCUT2D eigenvalue weighted by atomic mass is 35.5. The van der Waals surface area contributed by atoms with E-state index in [9.17, 15) is 0 Å². The number of likely N-dealkylation sites (tertiary alicyclic amines) is 1. The van der Waals surface area contributed by atoms with E-state index in [1.165, 1.54) is 32.4 Å². The smallest absolute Gasteiger partial charge is 0.124 e. The van der Waals surface area contributed by atoms with Gasteiger partial charge in [-0.2, -0.15) is 0 Å². The van der Waals surface area contributed by atoms with Crippen molar-refractivity contribution in [2.24, 2.45) is 0 Å². The number of alkyl halides is 1. The first-order valence-electron chi connectivity index (χ1n) is 7.63. The highest BCUT2D eigenvalue weighted by Gasteiger charge is 2.19. The van der Waals surface area contributed by atoms with Gasteiger partial charge in [-0.3, -0.25) is 4.90 Å². The summed E-state index contributed by atoms with van der Waals surface area (Å²) in [5.74, 6) is 1.36. The van der Waals surface area contributed by atoms with E-state index in [4.69, 9.17) is 23.2 Å². The maximum absolute atomic E-state index is 6.08. The Morgan fingerprint density at radius 2 is 2.00 bits per heavy atom. The summed E-state index contributed by atoms with van der Waals surface area (Å²) in [5.41, 5.74) is 2.06. The van der Waals surface area contributed by atoms with Crippen molar-refractivity contribution in [2.75, 3.05) is 13.1 Å². The fourth-order valence-electron chi connectivity index (χ4n) is 3.20. The molecule has 0 amide bonds. The van der Waals surface area contributed by atoms with Crippen molar-refractivity contribution >= 4 is 34.2 Å². The normalized spacial score (nSPS) is 18.2. The lowest BCUT2D eigenvalue weighted by Gasteiger charge is -2.32. The van der Waals surface area contributed by atoms with Gasteiger partial charge in [0.1, 0.15) is 5.82 Å². The molecule has 114 valence electrons. The lowest BCUT2D eigenvalue weighted by molar-refractivity contribution is 0.160. The van der Waals surface area contributed by atoms with Crippen molar-refractivity contribution in [2.45, 2.75) is 44.7 Å². The second kappa shape index (κ2) is 6.55. The maximum atomic E-state index is 6.08. The van der Waals surface area contributed by atoms with Gasteiger partial charge in [0.15, 0.2) is 0 Å². The van der Waals surface area contributed by atoms with Gasteiger partial charge in [-0.05, 0) is 51.1 Å². The number of halogens is 2. The molecule has 3 rings (SSSR count). The first kappa shape index (κ1) is 15.1. The van der Waals surface area contributed by atoms with Crippen LogP contribution in [0.15, 0.2) is 18.2 Å². The quantitative estimate of drug-likeness (QED) is 0.781. The molecule has 0 aliphatic carbocycles. The Morgan fingerprint density at radius 3 is 2.71 bits per heavy atom. The summed E-state index contributed by atoms with van der Waals surface area (Å²) in [7, 11) is 0. The van der Waals surface area contributed by atoms with Crippen LogP contribution in [0.1, 0.15) is 32.0 Å². The summed E-state index contributed by atoms with van der Waals surface area (Å²) < 4.78 is 2.25. The Hall–Kier alpha value is -0.770. The Kier molecular flexibility index (Phi) is 4.72. The van der Waals surface area contributed by atoms with E-state index in [-0.39, 0.29) is 0 Å². The summed E-state index contributed by atoms with van der Waals surface area (Å²) in [6.07, 6.45) is 3.99. The third kappa shape index (κ3) is 3.20. The first-order chi connectivity index (χ1) is 10.2. The molecule has 1 aliphatic heterocycles. The van der Waals surface area contributed by atoms with E-state index >= 15 is 0 Å². The van der Waals surface area contributed by atoms with Gasteiger partial charge in [-0.25, -0.2) is 4.98 Å². The van der Waals surface area contributed by atoms with Gasteiger partial charge in [-0.1, -0.05) is 18.0 Å². The largest absolute Gasteiger partial charge is 0.325 e. The van der Waals surface area contributed by atoms with Crippen LogP contribution in [-0.4, -0.2) is 33.6 Å². The minimum atomic E-state index is 0.430. The molecule has 1 unspecified atom stereocenters. The topological polar surface area (TPSA) is 21.1 Å². The standard InChI is InChI=1S/C16H21Cl2N3/c1-12(20-7-3-2-4-8-20)11-21-15-6-5-13(18)9-14(15)19-16(21)10-17/h5-6,9,12H,2-4,7-8,10-11H2,1H3. The van der Waals surface area contributed by atoms with Crippen LogP contribution in [0.5, 0.6) is 0 Å². The monoisotopic (exact) mass is 325 g/mol. The average molecular weight is 326 g/mol. The molecule has 2 heterocycles. The molecule has 1 saturated heterocycles. The molecule has 5 heteroatoms. The van der Waals surface area contributed by atoms with Gasteiger partial charge in [-0.15, -0.1) is 11.6 Å². The zero-order valence-corrected chi connectivity index (χ0v) is 13.9. The number of piperidine rings is 1. The number of hydrogen-bond donors (Lipinski definition) is 0. The van der Waals surface area contributed by atoms with Crippen LogP contribution in [0, 0.1) is 0 Å². The molecular formula is C16H21Cl2N3. The van der Waals surface area contributed by atoms with Gasteiger partial charge in [0.2, 0.25) is 0 Å². The molecule has 0 bridgehead atoms. The predicted molar refractivity (Wildman–Crippen MR) is 89.2 cm³/mol. The van der Waals surface area contributed by atoms with Crippen molar-refractivity contribution in [1.29, 1.82) is 0 Å². The van der Waals surface area contributed by atoms with E-state index in [2.05, 4.69) is 21.4 Å². The zero-order chi connectivity index (χ0) is 14.8. The second-order valence-corrected chi connectivity index (χ2v) is 6.55. The van der Waals surface area contributed by atoms with E-state index in [1.807, 2.05) is 18.2 Å².